The third kappa shape index (κ3) is 4.97. The van der Waals surface area contributed by atoms with Crippen LogP contribution in [0.25, 0.3) is 0 Å². The number of anilines is 2. The van der Waals surface area contributed by atoms with Gasteiger partial charge in [-0.1, -0.05) is 0 Å². The van der Waals surface area contributed by atoms with Gasteiger partial charge < -0.3 is 24.6 Å². The third-order valence-corrected chi connectivity index (χ3v) is 7.45. The summed E-state index contributed by atoms with van der Waals surface area (Å²) < 4.78 is 52.2. The molecule has 0 spiro atoms. The van der Waals surface area contributed by atoms with E-state index in [0.717, 1.165) is 64.6 Å². The van der Waals surface area contributed by atoms with E-state index in [-0.39, 0.29) is 17.7 Å². The maximum absolute atomic E-state index is 13.8. The predicted octanol–water partition coefficient (Wildman–Crippen LogP) is 2.88. The van der Waals surface area contributed by atoms with Crippen LogP contribution in [0.3, 0.4) is 0 Å². The lowest BCUT2D eigenvalue weighted by Crippen LogP contribution is -2.37. The van der Waals surface area contributed by atoms with Gasteiger partial charge in [0.15, 0.2) is 11.6 Å². The molecule has 1 aromatic rings. The summed E-state index contributed by atoms with van der Waals surface area (Å²) in [6, 6.07) is 1.14. The van der Waals surface area contributed by atoms with Gasteiger partial charge in [0.1, 0.15) is 5.56 Å². The van der Waals surface area contributed by atoms with Crippen LogP contribution < -0.4 is 10.2 Å². The molecule has 0 amide bonds. The number of rotatable bonds is 5. The Morgan fingerprint density at radius 2 is 1.62 bits per heavy atom. The van der Waals surface area contributed by atoms with E-state index in [0.29, 0.717) is 44.1 Å². The summed E-state index contributed by atoms with van der Waals surface area (Å²) in [6.45, 7) is 6.97. The standard InChI is InChI=1S/C22H32F3N5O2/c23-22(24,25)19-11-20(30-3-7-32-8-4-30)27-28-21(19)26-18-9-16-13-29(14-17(16)10-18)12-15-1-5-31-6-2-15/h11,15-18H,1-10,12-14H2,(H,26,28)/t16-,17-/m1/s1. The lowest BCUT2D eigenvalue weighted by atomic mass is 10.00. The first-order valence-electron chi connectivity index (χ1n) is 11.8. The molecule has 32 heavy (non-hydrogen) atoms. The zero-order valence-corrected chi connectivity index (χ0v) is 18.3. The van der Waals surface area contributed by atoms with Crippen LogP contribution in [0.5, 0.6) is 0 Å². The van der Waals surface area contributed by atoms with E-state index >= 15 is 0 Å². The van der Waals surface area contributed by atoms with Crippen LogP contribution in [-0.2, 0) is 15.7 Å². The number of alkyl halides is 3. The number of morpholine rings is 1. The first kappa shape index (κ1) is 22.2. The smallest absolute Gasteiger partial charge is 0.381 e. The van der Waals surface area contributed by atoms with Crippen molar-refractivity contribution >= 4 is 11.6 Å². The summed E-state index contributed by atoms with van der Waals surface area (Å²) in [5.74, 6) is 1.92. The van der Waals surface area contributed by atoms with Crippen molar-refractivity contribution in [2.75, 3.05) is 69.4 Å². The van der Waals surface area contributed by atoms with Gasteiger partial charge in [-0.3, -0.25) is 0 Å². The molecule has 0 bridgehead atoms. The van der Waals surface area contributed by atoms with Crippen molar-refractivity contribution in [3.63, 3.8) is 0 Å². The van der Waals surface area contributed by atoms with E-state index in [9.17, 15) is 13.2 Å². The van der Waals surface area contributed by atoms with Crippen molar-refractivity contribution in [3.05, 3.63) is 11.6 Å². The van der Waals surface area contributed by atoms with Crippen molar-refractivity contribution < 1.29 is 22.6 Å². The molecule has 0 radical (unpaired) electrons. The Kier molecular flexibility index (Phi) is 6.44. The number of nitrogens with one attached hydrogen (secondary N) is 1. The molecule has 1 N–H and O–H groups in total. The van der Waals surface area contributed by atoms with Gasteiger partial charge in [0.25, 0.3) is 0 Å². The average molecular weight is 456 g/mol. The Labute approximate surface area is 186 Å². The van der Waals surface area contributed by atoms with E-state index in [1.807, 2.05) is 0 Å². The molecule has 7 nitrogen and oxygen atoms in total. The second-order valence-corrected chi connectivity index (χ2v) is 9.67. The molecule has 1 saturated carbocycles. The Hall–Kier alpha value is -1.65. The number of hydrogen-bond acceptors (Lipinski definition) is 7. The third-order valence-electron chi connectivity index (χ3n) is 7.45. The largest absolute Gasteiger partial charge is 0.420 e. The number of hydrogen-bond donors (Lipinski definition) is 1. The maximum atomic E-state index is 13.8. The number of likely N-dealkylation sites (tertiary alicyclic amines) is 1. The Morgan fingerprint density at radius 1 is 0.969 bits per heavy atom. The first-order valence-corrected chi connectivity index (χ1v) is 11.8. The highest BCUT2D eigenvalue weighted by atomic mass is 19.4. The fourth-order valence-corrected chi connectivity index (χ4v) is 5.80. The minimum absolute atomic E-state index is 0.0138. The minimum Gasteiger partial charge on any atom is -0.381 e. The van der Waals surface area contributed by atoms with Crippen LogP contribution in [0.15, 0.2) is 6.07 Å². The van der Waals surface area contributed by atoms with Gasteiger partial charge in [-0.25, -0.2) is 0 Å². The van der Waals surface area contributed by atoms with Crippen molar-refractivity contribution in [2.24, 2.45) is 17.8 Å². The average Bonchev–Trinajstić information content (AvgIpc) is 3.32. The number of nitrogens with zero attached hydrogens (tertiary/aromatic N) is 4. The van der Waals surface area contributed by atoms with E-state index in [2.05, 4.69) is 20.4 Å². The highest BCUT2D eigenvalue weighted by Gasteiger charge is 2.43. The topological polar surface area (TPSA) is 62.8 Å². The molecule has 178 valence electrons. The van der Waals surface area contributed by atoms with Crippen LogP contribution in [0, 0.1) is 17.8 Å². The Bertz CT molecular complexity index is 769. The number of ether oxygens (including phenoxy) is 2. The fourth-order valence-electron chi connectivity index (χ4n) is 5.80. The summed E-state index contributed by atoms with van der Waals surface area (Å²) in [6.07, 6.45) is -0.433. The monoisotopic (exact) mass is 455 g/mol. The molecule has 10 heteroatoms. The summed E-state index contributed by atoms with van der Waals surface area (Å²) in [5, 5.41) is 11.2. The maximum Gasteiger partial charge on any atom is 0.420 e. The second-order valence-electron chi connectivity index (χ2n) is 9.67. The molecule has 1 aliphatic carbocycles. The lowest BCUT2D eigenvalue weighted by molar-refractivity contribution is -0.137. The van der Waals surface area contributed by atoms with Crippen LogP contribution in [-0.4, -0.2) is 80.3 Å². The highest BCUT2D eigenvalue weighted by Crippen LogP contribution is 2.41. The van der Waals surface area contributed by atoms with Crippen LogP contribution in [0.4, 0.5) is 24.8 Å². The zero-order chi connectivity index (χ0) is 22.1. The minimum atomic E-state index is -4.48. The van der Waals surface area contributed by atoms with E-state index in [1.165, 1.54) is 0 Å². The molecule has 4 aliphatic rings. The molecule has 2 atom stereocenters. The molecule has 0 unspecified atom stereocenters. The molecule has 1 aromatic heterocycles. The van der Waals surface area contributed by atoms with Crippen LogP contribution in [0.1, 0.15) is 31.2 Å². The van der Waals surface area contributed by atoms with Crippen molar-refractivity contribution in [1.82, 2.24) is 15.1 Å². The second kappa shape index (κ2) is 9.30. The predicted molar refractivity (Wildman–Crippen MR) is 114 cm³/mol. The van der Waals surface area contributed by atoms with E-state index < -0.39 is 11.7 Å². The lowest BCUT2D eigenvalue weighted by Gasteiger charge is -2.28. The normalized spacial score (nSPS) is 28.3. The van der Waals surface area contributed by atoms with Crippen LogP contribution >= 0.6 is 0 Å². The van der Waals surface area contributed by atoms with E-state index in [1.54, 1.807) is 4.90 Å². The van der Waals surface area contributed by atoms with Crippen molar-refractivity contribution in [1.29, 1.82) is 0 Å². The van der Waals surface area contributed by atoms with Crippen molar-refractivity contribution in [2.45, 2.75) is 37.9 Å². The fraction of sp³-hybridized carbons (Fsp3) is 0.818. The zero-order valence-electron chi connectivity index (χ0n) is 18.3. The van der Waals surface area contributed by atoms with Gasteiger partial charge in [-0.2, -0.15) is 13.2 Å². The molecule has 4 heterocycles. The summed E-state index contributed by atoms with van der Waals surface area (Å²) in [5.41, 5.74) is -0.729. The van der Waals surface area contributed by atoms with Gasteiger partial charge in [0, 0.05) is 52.0 Å². The molecule has 3 saturated heterocycles. The molecular weight excluding hydrogens is 423 g/mol. The number of halogens is 3. The van der Waals surface area contributed by atoms with Gasteiger partial charge in [-0.15, -0.1) is 10.2 Å². The Morgan fingerprint density at radius 3 is 2.28 bits per heavy atom. The summed E-state index contributed by atoms with van der Waals surface area (Å²) >= 11 is 0. The van der Waals surface area contributed by atoms with Gasteiger partial charge >= 0.3 is 6.18 Å². The van der Waals surface area contributed by atoms with Gasteiger partial charge in [0.2, 0.25) is 0 Å². The molecule has 3 aliphatic heterocycles. The quantitative estimate of drug-likeness (QED) is 0.733. The SMILES string of the molecule is FC(F)(F)c1cc(N2CCOCC2)nnc1NC1C[C@@H]2CN(CC3CCOCC3)C[C@H]2C1. The molecule has 0 aromatic carbocycles. The van der Waals surface area contributed by atoms with Gasteiger partial charge in [-0.05, 0) is 49.5 Å². The van der Waals surface area contributed by atoms with Crippen molar-refractivity contribution in [3.8, 4) is 0 Å². The summed E-state index contributed by atoms with van der Waals surface area (Å²) in [4.78, 5) is 4.35. The molecule has 5 rings (SSSR count). The number of aromatic nitrogens is 2. The Balaban J connectivity index is 1.20. The molecular formula is C22H32F3N5O2. The number of fused-ring (bicyclic) bond motifs is 1. The molecule has 4 fully saturated rings. The first-order chi connectivity index (χ1) is 15.5. The van der Waals surface area contributed by atoms with E-state index in [4.69, 9.17) is 9.47 Å². The highest BCUT2D eigenvalue weighted by molar-refractivity contribution is 5.53. The van der Waals surface area contributed by atoms with Crippen LogP contribution in [0.2, 0.25) is 0 Å². The van der Waals surface area contributed by atoms with Gasteiger partial charge in [0.05, 0.1) is 13.2 Å². The summed E-state index contributed by atoms with van der Waals surface area (Å²) in [7, 11) is 0.